The van der Waals surface area contributed by atoms with Crippen molar-refractivity contribution in [3.05, 3.63) is 64.0 Å². The number of aryl methyl sites for hydroxylation is 1. The molecule has 25 heavy (non-hydrogen) atoms. The number of hydrogen-bond acceptors (Lipinski definition) is 5. The molecule has 2 aromatic carbocycles. The van der Waals surface area contributed by atoms with Crippen molar-refractivity contribution < 1.29 is 12.8 Å². The van der Waals surface area contributed by atoms with Crippen molar-refractivity contribution in [3.63, 3.8) is 0 Å². The SMILES string of the molecule is Cc1ccc(S(=O)(=O)NCc2nnc(-c3ccccc3Cl)o2)cc1Cl. The smallest absolute Gasteiger partial charge is 0.249 e. The highest BCUT2D eigenvalue weighted by molar-refractivity contribution is 7.89. The maximum Gasteiger partial charge on any atom is 0.249 e. The minimum atomic E-state index is -3.75. The van der Waals surface area contributed by atoms with Crippen molar-refractivity contribution >= 4 is 33.2 Å². The fourth-order valence-corrected chi connectivity index (χ4v) is 3.51. The summed E-state index contributed by atoms with van der Waals surface area (Å²) in [7, 11) is -3.75. The van der Waals surface area contributed by atoms with Crippen LogP contribution in [0.25, 0.3) is 11.5 Å². The minimum absolute atomic E-state index is 0.0638. The average Bonchev–Trinajstić information content (AvgIpc) is 3.05. The Morgan fingerprint density at radius 3 is 2.56 bits per heavy atom. The molecule has 0 aliphatic heterocycles. The van der Waals surface area contributed by atoms with Crippen molar-refractivity contribution in [2.45, 2.75) is 18.4 Å². The van der Waals surface area contributed by atoms with E-state index in [2.05, 4.69) is 14.9 Å². The Morgan fingerprint density at radius 2 is 1.84 bits per heavy atom. The summed E-state index contributed by atoms with van der Waals surface area (Å²) in [6.45, 7) is 1.64. The maximum absolute atomic E-state index is 12.3. The Bertz CT molecular complexity index is 1020. The lowest BCUT2D eigenvalue weighted by molar-refractivity contribution is 0.494. The van der Waals surface area contributed by atoms with Crippen LogP contribution < -0.4 is 4.72 Å². The van der Waals surface area contributed by atoms with Gasteiger partial charge in [-0.25, -0.2) is 13.1 Å². The van der Waals surface area contributed by atoms with E-state index in [1.807, 2.05) is 0 Å². The lowest BCUT2D eigenvalue weighted by Gasteiger charge is -2.06. The largest absolute Gasteiger partial charge is 0.419 e. The van der Waals surface area contributed by atoms with Gasteiger partial charge in [0.1, 0.15) is 0 Å². The van der Waals surface area contributed by atoms with Crippen LogP contribution in [0.2, 0.25) is 10.0 Å². The Morgan fingerprint density at radius 1 is 1.08 bits per heavy atom. The Balaban J connectivity index is 1.75. The Kier molecular flexibility index (Phi) is 5.10. The van der Waals surface area contributed by atoms with Gasteiger partial charge in [0.15, 0.2) is 0 Å². The van der Waals surface area contributed by atoms with Crippen molar-refractivity contribution in [3.8, 4) is 11.5 Å². The van der Waals surface area contributed by atoms with Crippen LogP contribution in [0.15, 0.2) is 51.8 Å². The molecule has 0 aliphatic carbocycles. The fourth-order valence-electron chi connectivity index (χ4n) is 2.05. The standard InChI is InChI=1S/C16H13Cl2N3O3S/c1-10-6-7-11(8-14(10)18)25(22,23)19-9-15-20-21-16(24-15)12-4-2-3-5-13(12)17/h2-8,19H,9H2,1H3. The number of hydrogen-bond donors (Lipinski definition) is 1. The van der Waals surface area contributed by atoms with Crippen LogP contribution in [0.5, 0.6) is 0 Å². The second-order valence-electron chi connectivity index (χ2n) is 5.22. The monoisotopic (exact) mass is 397 g/mol. The molecule has 1 N–H and O–H groups in total. The van der Waals surface area contributed by atoms with Crippen molar-refractivity contribution in [2.24, 2.45) is 0 Å². The van der Waals surface area contributed by atoms with E-state index in [0.29, 0.717) is 15.6 Å². The molecule has 9 heteroatoms. The average molecular weight is 398 g/mol. The topological polar surface area (TPSA) is 85.1 Å². The highest BCUT2D eigenvalue weighted by Crippen LogP contribution is 2.26. The van der Waals surface area contributed by atoms with Crippen molar-refractivity contribution in [1.82, 2.24) is 14.9 Å². The second-order valence-corrected chi connectivity index (χ2v) is 7.80. The summed E-state index contributed by atoms with van der Waals surface area (Å²) in [5, 5.41) is 8.57. The van der Waals surface area contributed by atoms with E-state index in [9.17, 15) is 8.42 Å². The molecule has 0 atom stereocenters. The van der Waals surface area contributed by atoms with E-state index in [-0.39, 0.29) is 23.2 Å². The van der Waals surface area contributed by atoms with Crippen LogP contribution in [0, 0.1) is 6.92 Å². The van der Waals surface area contributed by atoms with Crippen molar-refractivity contribution in [1.29, 1.82) is 0 Å². The minimum Gasteiger partial charge on any atom is -0.419 e. The molecule has 0 saturated heterocycles. The number of rotatable bonds is 5. The van der Waals surface area contributed by atoms with E-state index >= 15 is 0 Å². The first-order chi connectivity index (χ1) is 11.9. The first-order valence-corrected chi connectivity index (χ1v) is 9.44. The molecule has 0 spiro atoms. The third-order valence-electron chi connectivity index (χ3n) is 3.44. The summed E-state index contributed by atoms with van der Waals surface area (Å²) >= 11 is 12.1. The molecule has 0 amide bonds. The molecule has 0 unspecified atom stereocenters. The maximum atomic E-state index is 12.3. The van der Waals surface area contributed by atoms with Crippen LogP contribution in [-0.2, 0) is 16.6 Å². The molecule has 0 saturated carbocycles. The third-order valence-corrected chi connectivity index (χ3v) is 5.57. The quantitative estimate of drug-likeness (QED) is 0.706. The summed E-state index contributed by atoms with van der Waals surface area (Å²) in [6.07, 6.45) is 0. The number of nitrogens with zero attached hydrogens (tertiary/aromatic N) is 2. The van der Waals surface area contributed by atoms with Crippen molar-refractivity contribution in [2.75, 3.05) is 0 Å². The van der Waals surface area contributed by atoms with Crippen LogP contribution in [0.4, 0.5) is 0 Å². The number of nitrogens with one attached hydrogen (secondary N) is 1. The summed E-state index contributed by atoms with van der Waals surface area (Å²) in [6, 6.07) is 11.5. The molecule has 6 nitrogen and oxygen atoms in total. The van der Waals surface area contributed by atoms with Crippen LogP contribution in [0.3, 0.4) is 0 Å². The number of aromatic nitrogens is 2. The van der Waals surface area contributed by atoms with Gasteiger partial charge >= 0.3 is 0 Å². The molecule has 130 valence electrons. The van der Waals surface area contributed by atoms with Gasteiger partial charge in [0.05, 0.1) is 22.0 Å². The highest BCUT2D eigenvalue weighted by atomic mass is 35.5. The van der Waals surface area contributed by atoms with Crippen LogP contribution in [-0.4, -0.2) is 18.6 Å². The second kappa shape index (κ2) is 7.13. The summed E-state index contributed by atoms with van der Waals surface area (Å²) in [4.78, 5) is 0.0638. The lowest BCUT2D eigenvalue weighted by Crippen LogP contribution is -2.23. The van der Waals surface area contributed by atoms with E-state index in [1.165, 1.54) is 12.1 Å². The third kappa shape index (κ3) is 4.01. The molecule has 0 radical (unpaired) electrons. The number of benzene rings is 2. The predicted molar refractivity (Wildman–Crippen MR) is 95.0 cm³/mol. The van der Waals surface area contributed by atoms with Gasteiger partial charge < -0.3 is 4.42 Å². The van der Waals surface area contributed by atoms with Gasteiger partial charge in [0.2, 0.25) is 21.8 Å². The van der Waals surface area contributed by atoms with Gasteiger partial charge in [-0.3, -0.25) is 0 Å². The molecule has 0 fully saturated rings. The van der Waals surface area contributed by atoms with E-state index < -0.39 is 10.0 Å². The van der Waals surface area contributed by atoms with E-state index in [1.54, 1.807) is 37.3 Å². The molecule has 0 aliphatic rings. The van der Waals surface area contributed by atoms with E-state index in [4.69, 9.17) is 27.6 Å². The molecule has 0 bridgehead atoms. The predicted octanol–water partition coefficient (Wildman–Crippen LogP) is 3.83. The van der Waals surface area contributed by atoms with Gasteiger partial charge in [-0.15, -0.1) is 10.2 Å². The fraction of sp³-hybridized carbons (Fsp3) is 0.125. The zero-order chi connectivity index (χ0) is 18.0. The van der Waals surface area contributed by atoms with Gasteiger partial charge in [-0.2, -0.15) is 0 Å². The Hall–Kier alpha value is -1.93. The molecule has 1 heterocycles. The highest BCUT2D eigenvalue weighted by Gasteiger charge is 2.17. The summed E-state index contributed by atoms with van der Waals surface area (Å²) in [5.74, 6) is 0.342. The number of halogens is 2. The van der Waals surface area contributed by atoms with Gasteiger partial charge in [0, 0.05) is 5.02 Å². The molecule has 3 rings (SSSR count). The summed E-state index contributed by atoms with van der Waals surface area (Å²) in [5.41, 5.74) is 1.37. The normalized spacial score (nSPS) is 11.6. The number of sulfonamides is 1. The van der Waals surface area contributed by atoms with Gasteiger partial charge in [-0.1, -0.05) is 41.4 Å². The van der Waals surface area contributed by atoms with E-state index in [0.717, 1.165) is 5.56 Å². The molecule has 1 aromatic heterocycles. The van der Waals surface area contributed by atoms with Gasteiger partial charge in [-0.05, 0) is 36.8 Å². The van der Waals surface area contributed by atoms with Gasteiger partial charge in [0.25, 0.3) is 0 Å². The lowest BCUT2D eigenvalue weighted by atomic mass is 10.2. The molecular weight excluding hydrogens is 385 g/mol. The molecule has 3 aromatic rings. The Labute approximate surface area is 154 Å². The first kappa shape index (κ1) is 17.9. The van der Waals surface area contributed by atoms with Crippen LogP contribution in [0.1, 0.15) is 11.5 Å². The van der Waals surface area contributed by atoms with Crippen LogP contribution >= 0.6 is 23.2 Å². The summed E-state index contributed by atoms with van der Waals surface area (Å²) < 4.78 is 32.5. The first-order valence-electron chi connectivity index (χ1n) is 7.20. The zero-order valence-electron chi connectivity index (χ0n) is 13.0. The zero-order valence-corrected chi connectivity index (χ0v) is 15.4. The molecular formula is C16H13Cl2N3O3S.